The Labute approximate surface area is 120 Å². The van der Waals surface area contributed by atoms with E-state index < -0.39 is 5.82 Å². The van der Waals surface area contributed by atoms with E-state index in [1.54, 1.807) is 18.2 Å². The predicted octanol–water partition coefficient (Wildman–Crippen LogP) is 4.00. The molecule has 1 aromatic heterocycles. The van der Waals surface area contributed by atoms with Gasteiger partial charge in [-0.05, 0) is 40.2 Å². The smallest absolute Gasteiger partial charge is 0.256 e. The molecule has 0 atom stereocenters. The van der Waals surface area contributed by atoms with Crippen LogP contribution in [-0.2, 0) is 0 Å². The Morgan fingerprint density at radius 2 is 2.06 bits per heavy atom. The normalized spacial score (nSPS) is 10.2. The van der Waals surface area contributed by atoms with Crippen molar-refractivity contribution in [2.45, 2.75) is 0 Å². The predicted molar refractivity (Wildman–Crippen MR) is 74.0 cm³/mol. The lowest BCUT2D eigenvalue weighted by Gasteiger charge is -2.07. The summed E-state index contributed by atoms with van der Waals surface area (Å²) in [5, 5.41) is 2.49. The molecule has 6 heteroatoms. The Morgan fingerprint density at radius 1 is 1.28 bits per heavy atom. The van der Waals surface area contributed by atoms with Crippen molar-refractivity contribution in [3.8, 4) is 0 Å². The molecule has 92 valence electrons. The minimum absolute atomic E-state index is 0.102. The monoisotopic (exact) mass is 372 g/mol. The van der Waals surface area contributed by atoms with Crippen molar-refractivity contribution < 1.29 is 9.18 Å². The maximum atomic E-state index is 13.3. The van der Waals surface area contributed by atoms with Gasteiger partial charge in [0, 0.05) is 15.1 Å². The fourth-order valence-electron chi connectivity index (χ4n) is 1.34. The Morgan fingerprint density at radius 3 is 2.72 bits per heavy atom. The second-order valence-electron chi connectivity index (χ2n) is 3.43. The summed E-state index contributed by atoms with van der Waals surface area (Å²) in [4.78, 5) is 15.6. The van der Waals surface area contributed by atoms with Crippen LogP contribution in [0.5, 0.6) is 0 Å². The van der Waals surface area contributed by atoms with Crippen molar-refractivity contribution in [3.05, 3.63) is 57.0 Å². The van der Waals surface area contributed by atoms with Crippen molar-refractivity contribution in [2.24, 2.45) is 0 Å². The summed E-state index contributed by atoms with van der Waals surface area (Å²) in [5.74, 6) is -0.960. The summed E-state index contributed by atoms with van der Waals surface area (Å²) in [5.41, 5.74) is 0.527. The molecule has 0 unspecified atom stereocenters. The van der Waals surface area contributed by atoms with E-state index in [0.717, 1.165) is 10.7 Å². The van der Waals surface area contributed by atoms with Gasteiger partial charge in [0.15, 0.2) is 5.82 Å². The number of amides is 1. The SMILES string of the molecule is O=C(Nc1ccncc1F)c1ccc(Br)cc1Br. The third kappa shape index (κ3) is 2.94. The number of pyridine rings is 1. The standard InChI is InChI=1S/C12H7Br2FN2O/c13-7-1-2-8(9(14)5-7)12(18)17-11-3-4-16-6-10(11)15/h1-6H,(H,16,17,18). The zero-order valence-corrected chi connectivity index (χ0v) is 12.1. The summed E-state index contributed by atoms with van der Waals surface area (Å²) in [6.07, 6.45) is 2.46. The highest BCUT2D eigenvalue weighted by Crippen LogP contribution is 2.23. The third-order valence-corrected chi connectivity index (χ3v) is 3.35. The maximum Gasteiger partial charge on any atom is 0.256 e. The molecule has 0 aliphatic carbocycles. The number of hydrogen-bond acceptors (Lipinski definition) is 2. The fraction of sp³-hybridized carbons (Fsp3) is 0. The van der Waals surface area contributed by atoms with Gasteiger partial charge in [0.1, 0.15) is 0 Å². The first kappa shape index (κ1) is 13.2. The van der Waals surface area contributed by atoms with Crippen molar-refractivity contribution in [1.29, 1.82) is 0 Å². The van der Waals surface area contributed by atoms with Crippen molar-refractivity contribution in [2.75, 3.05) is 5.32 Å². The molecule has 0 radical (unpaired) electrons. The molecule has 1 amide bonds. The van der Waals surface area contributed by atoms with Crippen LogP contribution in [-0.4, -0.2) is 10.9 Å². The van der Waals surface area contributed by atoms with E-state index in [9.17, 15) is 9.18 Å². The van der Waals surface area contributed by atoms with E-state index in [2.05, 4.69) is 42.2 Å². The molecule has 3 nitrogen and oxygen atoms in total. The highest BCUT2D eigenvalue weighted by Gasteiger charge is 2.12. The van der Waals surface area contributed by atoms with Gasteiger partial charge in [0.25, 0.3) is 5.91 Å². The van der Waals surface area contributed by atoms with Crippen LogP contribution in [0.1, 0.15) is 10.4 Å². The summed E-state index contributed by atoms with van der Waals surface area (Å²) in [7, 11) is 0. The molecule has 0 spiro atoms. The molecule has 2 aromatic rings. The van der Waals surface area contributed by atoms with Gasteiger partial charge < -0.3 is 5.32 Å². The first-order chi connectivity index (χ1) is 8.58. The van der Waals surface area contributed by atoms with Gasteiger partial charge >= 0.3 is 0 Å². The summed E-state index contributed by atoms with van der Waals surface area (Å²) >= 11 is 6.58. The van der Waals surface area contributed by atoms with Crippen molar-refractivity contribution in [1.82, 2.24) is 4.98 Å². The molecule has 0 bridgehead atoms. The average Bonchev–Trinajstić information content (AvgIpc) is 2.32. The van der Waals surface area contributed by atoms with E-state index in [1.807, 2.05) is 0 Å². The average molecular weight is 374 g/mol. The number of rotatable bonds is 2. The summed E-state index contributed by atoms with van der Waals surface area (Å²) < 4.78 is 14.8. The van der Waals surface area contributed by atoms with E-state index in [4.69, 9.17) is 0 Å². The van der Waals surface area contributed by atoms with Gasteiger partial charge in [-0.15, -0.1) is 0 Å². The van der Waals surface area contributed by atoms with Gasteiger partial charge in [0.05, 0.1) is 17.4 Å². The molecular weight excluding hydrogens is 367 g/mol. The molecule has 1 heterocycles. The number of nitrogens with zero attached hydrogens (tertiary/aromatic N) is 1. The number of halogens is 3. The molecule has 1 aromatic carbocycles. The molecule has 2 rings (SSSR count). The zero-order valence-electron chi connectivity index (χ0n) is 8.95. The lowest BCUT2D eigenvalue weighted by molar-refractivity contribution is 0.102. The minimum Gasteiger partial charge on any atom is -0.319 e. The number of nitrogens with one attached hydrogen (secondary N) is 1. The lowest BCUT2D eigenvalue weighted by atomic mass is 10.2. The first-order valence-electron chi connectivity index (χ1n) is 4.94. The number of carbonyl (C=O) groups is 1. The van der Waals surface area contributed by atoms with Crippen LogP contribution in [0.25, 0.3) is 0 Å². The van der Waals surface area contributed by atoms with E-state index in [-0.39, 0.29) is 11.6 Å². The van der Waals surface area contributed by atoms with Crippen LogP contribution in [0.3, 0.4) is 0 Å². The highest BCUT2D eigenvalue weighted by molar-refractivity contribution is 9.11. The van der Waals surface area contributed by atoms with Gasteiger partial charge in [-0.1, -0.05) is 15.9 Å². The molecule has 0 aliphatic heterocycles. The van der Waals surface area contributed by atoms with Crippen LogP contribution in [0.15, 0.2) is 45.6 Å². The third-order valence-electron chi connectivity index (χ3n) is 2.20. The van der Waals surface area contributed by atoms with E-state index in [1.165, 1.54) is 12.3 Å². The highest BCUT2D eigenvalue weighted by atomic mass is 79.9. The zero-order chi connectivity index (χ0) is 13.1. The maximum absolute atomic E-state index is 13.3. The molecular formula is C12H7Br2FN2O. The summed E-state index contributed by atoms with van der Waals surface area (Å²) in [6.45, 7) is 0. The van der Waals surface area contributed by atoms with Crippen LogP contribution in [0.4, 0.5) is 10.1 Å². The number of carbonyl (C=O) groups excluding carboxylic acids is 1. The summed E-state index contributed by atoms with van der Waals surface area (Å²) in [6, 6.07) is 6.53. The van der Waals surface area contributed by atoms with E-state index >= 15 is 0 Å². The molecule has 0 saturated heterocycles. The Bertz CT molecular complexity index is 604. The van der Waals surface area contributed by atoms with Crippen LogP contribution < -0.4 is 5.32 Å². The molecule has 18 heavy (non-hydrogen) atoms. The number of hydrogen-bond donors (Lipinski definition) is 1. The largest absolute Gasteiger partial charge is 0.319 e. The quantitative estimate of drug-likeness (QED) is 0.864. The molecule has 1 N–H and O–H groups in total. The Kier molecular flexibility index (Phi) is 4.08. The Hall–Kier alpha value is -1.27. The van der Waals surface area contributed by atoms with Gasteiger partial charge in [-0.3, -0.25) is 9.78 Å². The van der Waals surface area contributed by atoms with Crippen molar-refractivity contribution in [3.63, 3.8) is 0 Å². The lowest BCUT2D eigenvalue weighted by Crippen LogP contribution is -2.13. The molecule has 0 aliphatic rings. The Balaban J connectivity index is 2.25. The van der Waals surface area contributed by atoms with Crippen LogP contribution in [0, 0.1) is 5.82 Å². The van der Waals surface area contributed by atoms with Gasteiger partial charge in [-0.25, -0.2) is 4.39 Å². The van der Waals surface area contributed by atoms with E-state index in [0.29, 0.717) is 10.0 Å². The fourth-order valence-corrected chi connectivity index (χ4v) is 2.57. The first-order valence-corrected chi connectivity index (χ1v) is 6.52. The number of anilines is 1. The van der Waals surface area contributed by atoms with Crippen LogP contribution >= 0.6 is 31.9 Å². The minimum atomic E-state index is -0.570. The number of benzene rings is 1. The van der Waals surface area contributed by atoms with Crippen LogP contribution in [0.2, 0.25) is 0 Å². The van der Waals surface area contributed by atoms with Gasteiger partial charge in [-0.2, -0.15) is 0 Å². The molecule has 0 saturated carbocycles. The topological polar surface area (TPSA) is 42.0 Å². The second kappa shape index (κ2) is 5.58. The van der Waals surface area contributed by atoms with Crippen molar-refractivity contribution >= 4 is 43.5 Å². The molecule has 0 fully saturated rings. The number of aromatic nitrogens is 1. The second-order valence-corrected chi connectivity index (χ2v) is 5.20. The van der Waals surface area contributed by atoms with Gasteiger partial charge in [0.2, 0.25) is 0 Å².